The summed E-state index contributed by atoms with van der Waals surface area (Å²) in [7, 11) is 1.41. The van der Waals surface area contributed by atoms with Gasteiger partial charge in [-0.25, -0.2) is 4.98 Å². The quantitative estimate of drug-likeness (QED) is 0.588. The Balaban J connectivity index is 2.66. The SMILES string of the molecule is CCSCCCNc1nc(C(C)(C)C(=O)OC)c(C)s1. The standard InChI is InChI=1S/C14H24N2O2S2/c1-6-19-9-7-8-15-13-16-11(10(2)20-13)14(3,4)12(17)18-5/h6-9H2,1-5H3,(H,15,16). The summed E-state index contributed by atoms with van der Waals surface area (Å²) >= 11 is 3.54. The largest absolute Gasteiger partial charge is 0.468 e. The zero-order chi connectivity index (χ0) is 15.2. The summed E-state index contributed by atoms with van der Waals surface area (Å²) in [4.78, 5) is 17.5. The van der Waals surface area contributed by atoms with Gasteiger partial charge in [0, 0.05) is 11.4 Å². The Morgan fingerprint density at radius 2 is 2.20 bits per heavy atom. The molecule has 114 valence electrons. The maximum absolute atomic E-state index is 11.8. The predicted molar refractivity (Wildman–Crippen MR) is 88.0 cm³/mol. The number of thiazole rings is 1. The van der Waals surface area contributed by atoms with Crippen molar-refractivity contribution >= 4 is 34.2 Å². The molecule has 0 aliphatic rings. The third kappa shape index (κ3) is 4.38. The number of hydrogen-bond acceptors (Lipinski definition) is 6. The van der Waals surface area contributed by atoms with Crippen LogP contribution in [-0.4, -0.2) is 36.1 Å². The molecular weight excluding hydrogens is 292 g/mol. The molecule has 1 aromatic heterocycles. The summed E-state index contributed by atoms with van der Waals surface area (Å²) in [6.45, 7) is 8.78. The molecule has 1 aromatic rings. The number of aromatic nitrogens is 1. The molecule has 1 heterocycles. The molecule has 0 amide bonds. The van der Waals surface area contributed by atoms with Crippen molar-refractivity contribution in [3.05, 3.63) is 10.6 Å². The van der Waals surface area contributed by atoms with E-state index in [1.807, 2.05) is 32.5 Å². The first-order valence-corrected chi connectivity index (χ1v) is 8.78. The lowest BCUT2D eigenvalue weighted by Crippen LogP contribution is -2.31. The van der Waals surface area contributed by atoms with Crippen LogP contribution in [0.4, 0.5) is 5.13 Å². The number of thioether (sulfide) groups is 1. The molecule has 20 heavy (non-hydrogen) atoms. The Bertz CT molecular complexity index is 444. The normalized spacial score (nSPS) is 11.4. The number of nitrogens with zero attached hydrogens (tertiary/aromatic N) is 1. The van der Waals surface area contributed by atoms with E-state index in [2.05, 4.69) is 17.2 Å². The number of ether oxygens (including phenoxy) is 1. The molecule has 0 aliphatic carbocycles. The Morgan fingerprint density at radius 3 is 2.80 bits per heavy atom. The number of carbonyl (C=O) groups excluding carboxylic acids is 1. The van der Waals surface area contributed by atoms with Gasteiger partial charge < -0.3 is 10.1 Å². The van der Waals surface area contributed by atoms with Crippen molar-refractivity contribution in [1.29, 1.82) is 0 Å². The fourth-order valence-corrected chi connectivity index (χ4v) is 3.55. The van der Waals surface area contributed by atoms with Crippen LogP contribution in [0.25, 0.3) is 0 Å². The monoisotopic (exact) mass is 316 g/mol. The number of aryl methyl sites for hydroxylation is 1. The molecule has 1 N–H and O–H groups in total. The number of anilines is 1. The number of rotatable bonds is 8. The molecule has 0 aliphatic heterocycles. The van der Waals surface area contributed by atoms with Crippen molar-refractivity contribution < 1.29 is 9.53 Å². The number of methoxy groups -OCH3 is 1. The molecule has 0 unspecified atom stereocenters. The Kier molecular flexibility index (Phi) is 6.82. The lowest BCUT2D eigenvalue weighted by atomic mass is 9.89. The second-order valence-corrected chi connectivity index (χ2v) is 7.61. The van der Waals surface area contributed by atoms with Gasteiger partial charge in [0.1, 0.15) is 5.41 Å². The van der Waals surface area contributed by atoms with Crippen LogP contribution in [0.2, 0.25) is 0 Å². The van der Waals surface area contributed by atoms with Gasteiger partial charge in [0.2, 0.25) is 0 Å². The summed E-state index contributed by atoms with van der Waals surface area (Å²) < 4.78 is 4.86. The lowest BCUT2D eigenvalue weighted by molar-refractivity contribution is -0.146. The molecule has 0 atom stereocenters. The van der Waals surface area contributed by atoms with Gasteiger partial charge in [0.25, 0.3) is 0 Å². The summed E-state index contributed by atoms with van der Waals surface area (Å²) in [5, 5.41) is 4.22. The van der Waals surface area contributed by atoms with E-state index >= 15 is 0 Å². The van der Waals surface area contributed by atoms with Gasteiger partial charge in [0.15, 0.2) is 5.13 Å². The van der Waals surface area contributed by atoms with Crippen molar-refractivity contribution in [1.82, 2.24) is 4.98 Å². The average Bonchev–Trinajstić information content (AvgIpc) is 2.79. The Morgan fingerprint density at radius 1 is 1.50 bits per heavy atom. The summed E-state index contributed by atoms with van der Waals surface area (Å²) in [6, 6.07) is 0. The maximum atomic E-state index is 11.8. The molecule has 0 fully saturated rings. The van der Waals surface area contributed by atoms with Crippen LogP contribution >= 0.6 is 23.1 Å². The second kappa shape index (κ2) is 7.88. The van der Waals surface area contributed by atoms with Crippen molar-refractivity contribution in [2.45, 2.75) is 39.5 Å². The maximum Gasteiger partial charge on any atom is 0.317 e. The topological polar surface area (TPSA) is 51.2 Å². The van der Waals surface area contributed by atoms with Gasteiger partial charge in [0.05, 0.1) is 12.8 Å². The summed E-state index contributed by atoms with van der Waals surface area (Å²) in [6.07, 6.45) is 1.12. The van der Waals surface area contributed by atoms with Crippen LogP contribution in [0.3, 0.4) is 0 Å². The molecule has 0 saturated carbocycles. The highest BCUT2D eigenvalue weighted by atomic mass is 32.2. The second-order valence-electron chi connectivity index (χ2n) is 5.02. The van der Waals surface area contributed by atoms with Crippen molar-refractivity contribution in [3.63, 3.8) is 0 Å². The average molecular weight is 316 g/mol. The summed E-state index contributed by atoms with van der Waals surface area (Å²) in [5.74, 6) is 2.07. The molecular formula is C14H24N2O2S2. The van der Waals surface area contributed by atoms with E-state index in [1.165, 1.54) is 7.11 Å². The number of hydrogen-bond donors (Lipinski definition) is 1. The van der Waals surface area contributed by atoms with Gasteiger partial charge >= 0.3 is 5.97 Å². The zero-order valence-electron chi connectivity index (χ0n) is 12.9. The van der Waals surface area contributed by atoms with E-state index in [-0.39, 0.29) is 5.97 Å². The van der Waals surface area contributed by atoms with Crippen LogP contribution in [0.5, 0.6) is 0 Å². The van der Waals surface area contributed by atoms with Crippen LogP contribution in [0.1, 0.15) is 37.8 Å². The van der Waals surface area contributed by atoms with Gasteiger partial charge in [-0.2, -0.15) is 11.8 Å². The van der Waals surface area contributed by atoms with Gasteiger partial charge in [-0.05, 0) is 38.7 Å². The van der Waals surface area contributed by atoms with Crippen molar-refractivity contribution in [3.8, 4) is 0 Å². The minimum Gasteiger partial charge on any atom is -0.468 e. The molecule has 6 heteroatoms. The fraction of sp³-hybridized carbons (Fsp3) is 0.714. The highest BCUT2D eigenvalue weighted by molar-refractivity contribution is 7.99. The van der Waals surface area contributed by atoms with Crippen LogP contribution in [0, 0.1) is 6.92 Å². The Hall–Kier alpha value is -0.750. The first kappa shape index (κ1) is 17.3. The molecule has 0 spiro atoms. The highest BCUT2D eigenvalue weighted by Crippen LogP contribution is 2.32. The van der Waals surface area contributed by atoms with Gasteiger partial charge in [-0.15, -0.1) is 11.3 Å². The fourth-order valence-electron chi connectivity index (χ4n) is 1.92. The number of nitrogens with one attached hydrogen (secondary N) is 1. The number of esters is 1. The number of carbonyl (C=O) groups is 1. The molecule has 0 bridgehead atoms. The molecule has 1 rings (SSSR count). The van der Waals surface area contributed by atoms with Gasteiger partial charge in [-0.3, -0.25) is 4.79 Å². The first-order chi connectivity index (χ1) is 9.43. The van der Waals surface area contributed by atoms with Gasteiger partial charge in [-0.1, -0.05) is 6.92 Å². The highest BCUT2D eigenvalue weighted by Gasteiger charge is 2.35. The van der Waals surface area contributed by atoms with Crippen molar-refractivity contribution in [2.75, 3.05) is 30.5 Å². The molecule has 0 saturated heterocycles. The van der Waals surface area contributed by atoms with Crippen LogP contribution in [-0.2, 0) is 14.9 Å². The van der Waals surface area contributed by atoms with E-state index in [0.717, 1.165) is 40.2 Å². The third-order valence-electron chi connectivity index (χ3n) is 3.03. The summed E-state index contributed by atoms with van der Waals surface area (Å²) in [5.41, 5.74) is 0.104. The minimum atomic E-state index is -0.701. The van der Waals surface area contributed by atoms with E-state index < -0.39 is 5.41 Å². The third-order valence-corrected chi connectivity index (χ3v) is 4.94. The van der Waals surface area contributed by atoms with E-state index in [0.29, 0.717) is 0 Å². The molecule has 0 radical (unpaired) electrons. The minimum absolute atomic E-state index is 0.253. The van der Waals surface area contributed by atoms with Crippen LogP contribution < -0.4 is 5.32 Å². The molecule has 4 nitrogen and oxygen atoms in total. The van der Waals surface area contributed by atoms with E-state index in [9.17, 15) is 4.79 Å². The van der Waals surface area contributed by atoms with Crippen molar-refractivity contribution in [2.24, 2.45) is 0 Å². The van der Waals surface area contributed by atoms with E-state index in [1.54, 1.807) is 11.3 Å². The first-order valence-electron chi connectivity index (χ1n) is 6.81. The predicted octanol–water partition coefficient (Wildman–Crippen LogP) is 3.46. The Labute approximate surface area is 129 Å². The lowest BCUT2D eigenvalue weighted by Gasteiger charge is -2.19. The van der Waals surface area contributed by atoms with E-state index in [4.69, 9.17) is 4.74 Å². The molecule has 0 aromatic carbocycles. The zero-order valence-corrected chi connectivity index (χ0v) is 14.5. The smallest absolute Gasteiger partial charge is 0.317 e. The van der Waals surface area contributed by atoms with Crippen LogP contribution in [0.15, 0.2) is 0 Å².